The van der Waals surface area contributed by atoms with E-state index in [1.165, 1.54) is 35.8 Å². The third-order valence-electron chi connectivity index (χ3n) is 2.27. The van der Waals surface area contributed by atoms with Gasteiger partial charge in [0.1, 0.15) is 5.76 Å². The molecule has 0 atom stereocenters. The van der Waals surface area contributed by atoms with Crippen LogP contribution in [0.5, 0.6) is 0 Å². The van der Waals surface area contributed by atoms with E-state index in [0.717, 1.165) is 4.91 Å². The van der Waals surface area contributed by atoms with Crippen LogP contribution in [0.2, 0.25) is 0 Å². The van der Waals surface area contributed by atoms with Crippen molar-refractivity contribution in [2.45, 2.75) is 0 Å². The van der Waals surface area contributed by atoms with Gasteiger partial charge in [0, 0.05) is 4.91 Å². The summed E-state index contributed by atoms with van der Waals surface area (Å²) in [5.74, 6) is -0.750. The zero-order valence-electron chi connectivity index (χ0n) is 10.2. The predicted octanol–water partition coefficient (Wildman–Crippen LogP) is 2.62. The molecule has 19 heavy (non-hydrogen) atoms. The summed E-state index contributed by atoms with van der Waals surface area (Å²) in [7, 11) is 5.13. The molecular weight excluding hydrogens is 288 g/mol. The van der Waals surface area contributed by atoms with E-state index in [9.17, 15) is 9.59 Å². The van der Waals surface area contributed by atoms with Gasteiger partial charge in [0.25, 0.3) is 0 Å². The fourth-order valence-electron chi connectivity index (χ4n) is 1.39. The van der Waals surface area contributed by atoms with Gasteiger partial charge in [-0.05, 0) is 29.0 Å². The molecule has 1 aromatic heterocycles. The van der Waals surface area contributed by atoms with Crippen molar-refractivity contribution in [2.24, 2.45) is 0 Å². The van der Waals surface area contributed by atoms with Crippen molar-refractivity contribution in [3.63, 3.8) is 0 Å². The maximum absolute atomic E-state index is 11.6. The van der Waals surface area contributed by atoms with Crippen molar-refractivity contribution in [2.75, 3.05) is 14.2 Å². The van der Waals surface area contributed by atoms with Crippen LogP contribution in [0, 0.1) is 0 Å². The number of rotatable bonds is 3. The topological polar surface area (TPSA) is 65.7 Å². The molecule has 0 aliphatic carbocycles. The van der Waals surface area contributed by atoms with Gasteiger partial charge < -0.3 is 13.9 Å². The predicted molar refractivity (Wildman–Crippen MR) is 72.9 cm³/mol. The Morgan fingerprint density at radius 2 is 1.84 bits per heavy atom. The molecule has 0 N–H and O–H groups in total. The van der Waals surface area contributed by atoms with Gasteiger partial charge in [-0.1, -0.05) is 10.8 Å². The minimum Gasteiger partial charge on any atom is -0.465 e. The summed E-state index contributed by atoms with van der Waals surface area (Å²) in [5, 5.41) is 0. The number of carbonyl (C=O) groups excluding carboxylic acids is 2. The van der Waals surface area contributed by atoms with Crippen molar-refractivity contribution >= 4 is 38.4 Å². The molecule has 2 heterocycles. The highest BCUT2D eigenvalue weighted by molar-refractivity contribution is 8.82. The zero-order valence-corrected chi connectivity index (χ0v) is 11.8. The Kier molecular flexibility index (Phi) is 4.39. The summed E-state index contributed by atoms with van der Waals surface area (Å²) < 4.78 is 14.5. The first-order valence-corrected chi connectivity index (χ1v) is 7.33. The van der Waals surface area contributed by atoms with Crippen LogP contribution in [0.25, 0.3) is 4.91 Å². The SMILES string of the molecule is COC(=O)C(C(=O)OC)=C1C=C(c2ccco2)SS1. The average molecular weight is 298 g/mol. The molecule has 5 nitrogen and oxygen atoms in total. The van der Waals surface area contributed by atoms with E-state index in [0.29, 0.717) is 10.7 Å². The minimum absolute atomic E-state index is 0.107. The Hall–Kier alpha value is -1.60. The molecule has 1 aliphatic rings. The van der Waals surface area contributed by atoms with E-state index >= 15 is 0 Å². The largest absolute Gasteiger partial charge is 0.465 e. The van der Waals surface area contributed by atoms with Crippen LogP contribution >= 0.6 is 21.6 Å². The second kappa shape index (κ2) is 6.03. The summed E-state index contributed by atoms with van der Waals surface area (Å²) in [5.41, 5.74) is -0.107. The van der Waals surface area contributed by atoms with Crippen LogP contribution in [0.1, 0.15) is 5.76 Å². The third-order valence-corrected chi connectivity index (χ3v) is 4.68. The Morgan fingerprint density at radius 1 is 1.16 bits per heavy atom. The molecule has 0 saturated carbocycles. The molecule has 1 aromatic rings. The molecule has 7 heteroatoms. The standard InChI is InChI=1S/C12H10O5S2/c1-15-11(13)10(12(14)16-2)9-6-8(18-19-9)7-4-3-5-17-7/h3-6H,1-2H3. The number of ether oxygens (including phenoxy) is 2. The van der Waals surface area contributed by atoms with Crippen molar-refractivity contribution in [3.05, 3.63) is 40.7 Å². The van der Waals surface area contributed by atoms with Crippen LogP contribution in [0.3, 0.4) is 0 Å². The Morgan fingerprint density at radius 3 is 2.37 bits per heavy atom. The fourth-order valence-corrected chi connectivity index (χ4v) is 3.75. The van der Waals surface area contributed by atoms with E-state index in [1.807, 2.05) is 0 Å². The minimum atomic E-state index is -0.716. The average Bonchev–Trinajstić information content (AvgIpc) is 3.08. The van der Waals surface area contributed by atoms with Crippen LogP contribution in [0.4, 0.5) is 0 Å². The number of esters is 2. The molecule has 0 amide bonds. The highest BCUT2D eigenvalue weighted by atomic mass is 33.1. The number of furan rings is 1. The highest BCUT2D eigenvalue weighted by Crippen LogP contribution is 2.50. The normalized spacial score (nSPS) is 14.0. The molecule has 1 aliphatic heterocycles. The van der Waals surface area contributed by atoms with E-state index in [-0.39, 0.29) is 5.57 Å². The van der Waals surface area contributed by atoms with Crippen LogP contribution in [0.15, 0.2) is 39.4 Å². The fraction of sp³-hybridized carbons (Fsp3) is 0.167. The molecule has 0 saturated heterocycles. The monoisotopic (exact) mass is 298 g/mol. The van der Waals surface area contributed by atoms with Gasteiger partial charge in [0.2, 0.25) is 0 Å². The van der Waals surface area contributed by atoms with Gasteiger partial charge in [-0.2, -0.15) is 0 Å². The highest BCUT2D eigenvalue weighted by Gasteiger charge is 2.28. The second-order valence-electron chi connectivity index (χ2n) is 3.37. The van der Waals surface area contributed by atoms with E-state index in [2.05, 4.69) is 9.47 Å². The van der Waals surface area contributed by atoms with Gasteiger partial charge in [-0.15, -0.1) is 0 Å². The van der Waals surface area contributed by atoms with E-state index < -0.39 is 11.9 Å². The number of hydrogen-bond donors (Lipinski definition) is 0. The summed E-state index contributed by atoms with van der Waals surface area (Å²) in [6.45, 7) is 0. The molecule has 0 spiro atoms. The summed E-state index contributed by atoms with van der Waals surface area (Å²) in [6.07, 6.45) is 3.27. The molecule has 0 bridgehead atoms. The number of hydrogen-bond acceptors (Lipinski definition) is 7. The molecule has 0 aromatic carbocycles. The van der Waals surface area contributed by atoms with Crippen LogP contribution in [-0.4, -0.2) is 26.2 Å². The van der Waals surface area contributed by atoms with Gasteiger partial charge in [-0.25, -0.2) is 9.59 Å². The maximum atomic E-state index is 11.6. The first kappa shape index (κ1) is 13.8. The lowest BCUT2D eigenvalue weighted by atomic mass is 10.2. The lowest BCUT2D eigenvalue weighted by Gasteiger charge is -2.04. The van der Waals surface area contributed by atoms with Crippen molar-refractivity contribution in [1.29, 1.82) is 0 Å². The third kappa shape index (κ3) is 2.87. The number of carbonyl (C=O) groups is 2. The first-order chi connectivity index (χ1) is 9.17. The first-order valence-electron chi connectivity index (χ1n) is 5.18. The van der Waals surface area contributed by atoms with E-state index in [1.54, 1.807) is 24.5 Å². The van der Waals surface area contributed by atoms with Crippen molar-refractivity contribution in [3.8, 4) is 0 Å². The molecule has 2 rings (SSSR count). The Balaban J connectivity index is 2.39. The number of methoxy groups -OCH3 is 2. The summed E-state index contributed by atoms with van der Waals surface area (Å²) in [4.78, 5) is 24.6. The maximum Gasteiger partial charge on any atom is 0.346 e. The molecule has 0 unspecified atom stereocenters. The second-order valence-corrected chi connectivity index (χ2v) is 5.59. The summed E-state index contributed by atoms with van der Waals surface area (Å²) >= 11 is 0. The Labute approximate surface area is 117 Å². The summed E-state index contributed by atoms with van der Waals surface area (Å²) in [6, 6.07) is 3.57. The van der Waals surface area contributed by atoms with Gasteiger partial charge in [0.05, 0.1) is 25.4 Å². The van der Waals surface area contributed by atoms with Crippen LogP contribution in [-0.2, 0) is 19.1 Å². The van der Waals surface area contributed by atoms with Crippen LogP contribution < -0.4 is 0 Å². The molecule has 0 fully saturated rings. The van der Waals surface area contributed by atoms with Gasteiger partial charge in [0.15, 0.2) is 5.57 Å². The lowest BCUT2D eigenvalue weighted by molar-refractivity contribution is -0.144. The molecule has 100 valence electrons. The number of allylic oxidation sites excluding steroid dienone is 1. The van der Waals surface area contributed by atoms with Gasteiger partial charge >= 0.3 is 11.9 Å². The molecule has 0 radical (unpaired) electrons. The van der Waals surface area contributed by atoms with Crippen molar-refractivity contribution < 1.29 is 23.5 Å². The van der Waals surface area contributed by atoms with Crippen molar-refractivity contribution in [1.82, 2.24) is 0 Å². The van der Waals surface area contributed by atoms with E-state index in [4.69, 9.17) is 4.42 Å². The zero-order chi connectivity index (χ0) is 13.8. The lowest BCUT2D eigenvalue weighted by Crippen LogP contribution is -2.17. The van der Waals surface area contributed by atoms with Gasteiger partial charge in [-0.3, -0.25) is 0 Å². The quantitative estimate of drug-likeness (QED) is 0.279. The molecular formula is C12H10O5S2. The Bertz CT molecular complexity index is 539. The smallest absolute Gasteiger partial charge is 0.346 e.